The fourth-order valence-corrected chi connectivity index (χ4v) is 2.87. The van der Waals surface area contributed by atoms with Gasteiger partial charge in [0, 0.05) is 18.3 Å². The number of pyridine rings is 1. The summed E-state index contributed by atoms with van der Waals surface area (Å²) in [7, 11) is -3.54. The molecule has 0 radical (unpaired) electrons. The SMILES string of the molecule is CC(C)CC(C)NS(=O)(=O)c1ccc(=O)[nH]c1. The van der Waals surface area contributed by atoms with Gasteiger partial charge in [0.25, 0.3) is 0 Å². The molecule has 0 aliphatic carbocycles. The van der Waals surface area contributed by atoms with E-state index in [0.717, 1.165) is 6.42 Å². The molecule has 1 unspecified atom stereocenters. The lowest BCUT2D eigenvalue weighted by Crippen LogP contribution is -2.33. The van der Waals surface area contributed by atoms with E-state index < -0.39 is 10.0 Å². The third-order valence-corrected chi connectivity index (χ3v) is 3.83. The highest BCUT2D eigenvalue weighted by Gasteiger charge is 2.17. The molecule has 1 aromatic heterocycles. The number of H-pyrrole nitrogens is 1. The first kappa shape index (κ1) is 13.9. The molecule has 96 valence electrons. The minimum atomic E-state index is -3.54. The van der Waals surface area contributed by atoms with Gasteiger partial charge in [-0.15, -0.1) is 0 Å². The zero-order valence-electron chi connectivity index (χ0n) is 10.2. The van der Waals surface area contributed by atoms with Crippen molar-refractivity contribution in [2.45, 2.75) is 38.1 Å². The van der Waals surface area contributed by atoms with Crippen molar-refractivity contribution in [3.8, 4) is 0 Å². The fraction of sp³-hybridized carbons (Fsp3) is 0.545. The molecule has 1 atom stereocenters. The van der Waals surface area contributed by atoms with Crippen LogP contribution in [0.3, 0.4) is 0 Å². The Kier molecular flexibility index (Phi) is 4.47. The summed E-state index contributed by atoms with van der Waals surface area (Å²) in [5.74, 6) is 0.420. The highest BCUT2D eigenvalue weighted by atomic mass is 32.2. The molecule has 0 bridgehead atoms. The Balaban J connectivity index is 2.82. The average molecular weight is 258 g/mol. The van der Waals surface area contributed by atoms with Crippen LogP contribution in [0, 0.1) is 5.92 Å². The van der Waals surface area contributed by atoms with E-state index in [1.165, 1.54) is 18.3 Å². The molecule has 6 heteroatoms. The van der Waals surface area contributed by atoms with Crippen LogP contribution in [-0.2, 0) is 10.0 Å². The smallest absolute Gasteiger partial charge is 0.247 e. The predicted molar refractivity (Wildman–Crippen MR) is 66.3 cm³/mol. The minimum Gasteiger partial charge on any atom is -0.328 e. The Hall–Kier alpha value is -1.14. The van der Waals surface area contributed by atoms with Crippen molar-refractivity contribution < 1.29 is 8.42 Å². The van der Waals surface area contributed by atoms with E-state index in [9.17, 15) is 13.2 Å². The van der Waals surface area contributed by atoms with Gasteiger partial charge in [-0.25, -0.2) is 13.1 Å². The van der Waals surface area contributed by atoms with E-state index in [2.05, 4.69) is 9.71 Å². The van der Waals surface area contributed by atoms with Crippen LogP contribution in [0.2, 0.25) is 0 Å². The van der Waals surface area contributed by atoms with E-state index in [4.69, 9.17) is 0 Å². The third-order valence-electron chi connectivity index (χ3n) is 2.25. The van der Waals surface area contributed by atoms with Crippen LogP contribution in [0.5, 0.6) is 0 Å². The van der Waals surface area contributed by atoms with Gasteiger partial charge in [0.05, 0.1) is 4.90 Å². The molecule has 0 aliphatic heterocycles. The first-order chi connectivity index (χ1) is 7.81. The molecule has 0 spiro atoms. The largest absolute Gasteiger partial charge is 0.328 e. The molecule has 0 aliphatic rings. The molecule has 0 saturated heterocycles. The summed E-state index contributed by atoms with van der Waals surface area (Å²) < 4.78 is 26.4. The summed E-state index contributed by atoms with van der Waals surface area (Å²) >= 11 is 0. The maximum atomic E-state index is 11.9. The monoisotopic (exact) mass is 258 g/mol. The van der Waals surface area contributed by atoms with Gasteiger partial charge in [0.1, 0.15) is 0 Å². The van der Waals surface area contributed by atoms with Gasteiger partial charge in [0.2, 0.25) is 15.6 Å². The molecule has 5 nitrogen and oxygen atoms in total. The van der Waals surface area contributed by atoms with Crippen molar-refractivity contribution in [1.82, 2.24) is 9.71 Å². The maximum absolute atomic E-state index is 11.9. The standard InChI is InChI=1S/C11H18N2O3S/c1-8(2)6-9(3)13-17(15,16)10-4-5-11(14)12-7-10/h4-5,7-9,13H,6H2,1-3H3,(H,12,14). The van der Waals surface area contributed by atoms with Crippen molar-refractivity contribution in [2.75, 3.05) is 0 Å². The molecule has 2 N–H and O–H groups in total. The number of hydrogen-bond donors (Lipinski definition) is 2. The van der Waals surface area contributed by atoms with Crippen LogP contribution >= 0.6 is 0 Å². The first-order valence-electron chi connectivity index (χ1n) is 5.52. The van der Waals surface area contributed by atoms with Crippen molar-refractivity contribution in [3.63, 3.8) is 0 Å². The molecule has 1 rings (SSSR count). The molecular weight excluding hydrogens is 240 g/mol. The summed E-state index contributed by atoms with van der Waals surface area (Å²) in [5, 5.41) is 0. The Morgan fingerprint density at radius 2 is 1.94 bits per heavy atom. The summed E-state index contributed by atoms with van der Waals surface area (Å²) in [6.45, 7) is 5.89. The normalized spacial score (nSPS) is 13.9. The molecule has 17 heavy (non-hydrogen) atoms. The van der Waals surface area contributed by atoms with Gasteiger partial charge >= 0.3 is 0 Å². The molecular formula is C11H18N2O3S. The Morgan fingerprint density at radius 3 is 2.41 bits per heavy atom. The second-order valence-electron chi connectivity index (χ2n) is 4.54. The third kappa shape index (κ3) is 4.32. The number of nitrogens with one attached hydrogen (secondary N) is 2. The quantitative estimate of drug-likeness (QED) is 0.829. The average Bonchev–Trinajstić information content (AvgIpc) is 2.15. The Morgan fingerprint density at radius 1 is 1.29 bits per heavy atom. The first-order valence-corrected chi connectivity index (χ1v) is 7.00. The fourth-order valence-electron chi connectivity index (χ4n) is 1.65. The van der Waals surface area contributed by atoms with Gasteiger partial charge < -0.3 is 4.98 Å². The lowest BCUT2D eigenvalue weighted by molar-refractivity contribution is 0.482. The Labute approximate surface area is 101 Å². The summed E-state index contributed by atoms with van der Waals surface area (Å²) in [6.07, 6.45) is 1.97. The highest BCUT2D eigenvalue weighted by molar-refractivity contribution is 7.89. The molecule has 0 amide bonds. The topological polar surface area (TPSA) is 79.0 Å². The van der Waals surface area contributed by atoms with Crippen molar-refractivity contribution in [1.29, 1.82) is 0 Å². The van der Waals surface area contributed by atoms with Crippen LogP contribution in [0.25, 0.3) is 0 Å². The van der Waals surface area contributed by atoms with Crippen molar-refractivity contribution in [2.24, 2.45) is 5.92 Å². The van der Waals surface area contributed by atoms with Crippen LogP contribution in [0.4, 0.5) is 0 Å². The second kappa shape index (κ2) is 5.46. The van der Waals surface area contributed by atoms with Gasteiger partial charge in [-0.3, -0.25) is 4.79 Å². The molecule has 1 aromatic rings. The highest BCUT2D eigenvalue weighted by Crippen LogP contribution is 2.09. The second-order valence-corrected chi connectivity index (χ2v) is 6.25. The van der Waals surface area contributed by atoms with Gasteiger partial charge in [-0.2, -0.15) is 0 Å². The van der Waals surface area contributed by atoms with Crippen LogP contribution in [0.1, 0.15) is 27.2 Å². The summed E-state index contributed by atoms with van der Waals surface area (Å²) in [5.41, 5.74) is -0.320. The lowest BCUT2D eigenvalue weighted by Gasteiger charge is -2.15. The predicted octanol–water partition coefficient (Wildman–Crippen LogP) is 1.09. The van der Waals surface area contributed by atoms with E-state index in [-0.39, 0.29) is 16.5 Å². The summed E-state index contributed by atoms with van der Waals surface area (Å²) in [6, 6.07) is 2.36. The molecule has 0 aromatic carbocycles. The Bertz CT molecular complexity index is 499. The van der Waals surface area contributed by atoms with Crippen LogP contribution in [-0.4, -0.2) is 19.4 Å². The minimum absolute atomic E-state index is 0.0766. The molecule has 0 fully saturated rings. The van der Waals surface area contributed by atoms with Gasteiger partial charge in [0.15, 0.2) is 0 Å². The number of hydrogen-bond acceptors (Lipinski definition) is 3. The molecule has 0 saturated carbocycles. The van der Waals surface area contributed by atoms with E-state index >= 15 is 0 Å². The lowest BCUT2D eigenvalue weighted by atomic mass is 10.1. The van der Waals surface area contributed by atoms with E-state index in [0.29, 0.717) is 5.92 Å². The van der Waals surface area contributed by atoms with E-state index in [1.54, 1.807) is 0 Å². The van der Waals surface area contributed by atoms with Crippen LogP contribution < -0.4 is 10.3 Å². The zero-order valence-corrected chi connectivity index (χ0v) is 11.0. The van der Waals surface area contributed by atoms with Gasteiger partial charge in [-0.05, 0) is 25.3 Å². The summed E-state index contributed by atoms with van der Waals surface area (Å²) in [4.78, 5) is 13.3. The van der Waals surface area contributed by atoms with Gasteiger partial charge in [-0.1, -0.05) is 13.8 Å². The van der Waals surface area contributed by atoms with E-state index in [1.807, 2.05) is 20.8 Å². The zero-order chi connectivity index (χ0) is 13.1. The number of aromatic amines is 1. The molecule has 1 heterocycles. The van der Waals surface area contributed by atoms with Crippen molar-refractivity contribution in [3.05, 3.63) is 28.7 Å². The number of aromatic nitrogens is 1. The maximum Gasteiger partial charge on any atom is 0.247 e. The van der Waals surface area contributed by atoms with Crippen LogP contribution in [0.15, 0.2) is 28.0 Å². The number of rotatable bonds is 5. The number of sulfonamides is 1. The van der Waals surface area contributed by atoms with Crippen molar-refractivity contribution >= 4 is 10.0 Å².